The second-order valence-electron chi connectivity index (χ2n) is 6.41. The maximum atomic E-state index is 11.2. The average Bonchev–Trinajstić information content (AvgIpc) is 2.92. The van der Waals surface area contributed by atoms with E-state index in [2.05, 4.69) is 5.10 Å². The molecule has 0 fully saturated rings. The van der Waals surface area contributed by atoms with E-state index < -0.39 is 0 Å². The van der Waals surface area contributed by atoms with Crippen molar-refractivity contribution in [3.05, 3.63) is 80.7 Å². The van der Waals surface area contributed by atoms with Crippen LogP contribution in [-0.2, 0) is 6.61 Å². The molecule has 0 N–H and O–H groups in total. The Labute approximate surface area is 152 Å². The summed E-state index contributed by atoms with van der Waals surface area (Å²) in [6, 6.07) is 12.9. The molecule has 1 heterocycles. The zero-order chi connectivity index (χ0) is 18.8. The van der Waals surface area contributed by atoms with Gasteiger partial charge in [-0.25, -0.2) is 4.68 Å². The van der Waals surface area contributed by atoms with Crippen LogP contribution in [0, 0.1) is 37.8 Å². The van der Waals surface area contributed by atoms with Crippen molar-refractivity contribution < 1.29 is 9.66 Å². The van der Waals surface area contributed by atoms with Crippen LogP contribution < -0.4 is 4.74 Å². The Kier molecular flexibility index (Phi) is 4.75. The van der Waals surface area contributed by atoms with E-state index in [9.17, 15) is 10.1 Å². The Morgan fingerprint density at radius 1 is 1.08 bits per heavy atom. The fourth-order valence-corrected chi connectivity index (χ4v) is 3.01. The largest absolute Gasteiger partial charge is 0.488 e. The molecular weight excluding hydrogens is 330 g/mol. The molecule has 0 aliphatic heterocycles. The Balaban J connectivity index is 1.84. The lowest BCUT2D eigenvalue weighted by Gasteiger charge is -2.13. The maximum absolute atomic E-state index is 11.2. The Morgan fingerprint density at radius 2 is 1.85 bits per heavy atom. The molecule has 26 heavy (non-hydrogen) atoms. The summed E-state index contributed by atoms with van der Waals surface area (Å²) in [5, 5.41) is 15.7. The molecule has 0 unspecified atom stereocenters. The SMILES string of the molecule is Cc1cc(C)n(-c2ccc(OCc3c(C)cccc3[N+](=O)[O-])c(C)c2)n1. The highest BCUT2D eigenvalue weighted by Crippen LogP contribution is 2.27. The van der Waals surface area contributed by atoms with Crippen molar-refractivity contribution >= 4 is 5.69 Å². The van der Waals surface area contributed by atoms with Gasteiger partial charge in [-0.2, -0.15) is 5.10 Å². The molecule has 0 bridgehead atoms. The van der Waals surface area contributed by atoms with Crippen molar-refractivity contribution in [3.8, 4) is 11.4 Å². The van der Waals surface area contributed by atoms with Gasteiger partial charge in [-0.15, -0.1) is 0 Å². The van der Waals surface area contributed by atoms with Gasteiger partial charge in [0.25, 0.3) is 5.69 Å². The molecule has 0 aliphatic rings. The summed E-state index contributed by atoms with van der Waals surface area (Å²) in [6.45, 7) is 7.93. The van der Waals surface area contributed by atoms with E-state index in [1.165, 1.54) is 6.07 Å². The minimum Gasteiger partial charge on any atom is -0.488 e. The number of aromatic nitrogens is 2. The minimum atomic E-state index is -0.371. The zero-order valence-electron chi connectivity index (χ0n) is 15.3. The van der Waals surface area contributed by atoms with Gasteiger partial charge < -0.3 is 4.74 Å². The van der Waals surface area contributed by atoms with E-state index in [4.69, 9.17) is 4.74 Å². The maximum Gasteiger partial charge on any atom is 0.276 e. The van der Waals surface area contributed by atoms with Gasteiger partial charge in [0, 0.05) is 11.8 Å². The van der Waals surface area contributed by atoms with Gasteiger partial charge in [0.1, 0.15) is 12.4 Å². The molecule has 1 aromatic heterocycles. The lowest BCUT2D eigenvalue weighted by Crippen LogP contribution is -2.04. The molecule has 6 nitrogen and oxygen atoms in total. The smallest absolute Gasteiger partial charge is 0.276 e. The molecule has 3 aromatic rings. The van der Waals surface area contributed by atoms with Gasteiger partial charge in [0.05, 0.1) is 21.9 Å². The molecule has 3 rings (SSSR count). The first-order valence-electron chi connectivity index (χ1n) is 8.37. The minimum absolute atomic E-state index is 0.0851. The van der Waals surface area contributed by atoms with Gasteiger partial charge >= 0.3 is 0 Å². The van der Waals surface area contributed by atoms with Crippen LogP contribution in [-0.4, -0.2) is 14.7 Å². The number of hydrogen-bond acceptors (Lipinski definition) is 4. The molecule has 134 valence electrons. The third kappa shape index (κ3) is 3.44. The summed E-state index contributed by atoms with van der Waals surface area (Å²) in [4.78, 5) is 10.9. The summed E-state index contributed by atoms with van der Waals surface area (Å²) < 4.78 is 7.77. The molecule has 0 atom stereocenters. The zero-order valence-corrected chi connectivity index (χ0v) is 15.3. The van der Waals surface area contributed by atoms with E-state index in [0.29, 0.717) is 11.3 Å². The number of benzene rings is 2. The first-order chi connectivity index (χ1) is 12.4. The van der Waals surface area contributed by atoms with Crippen molar-refractivity contribution in [1.82, 2.24) is 9.78 Å². The molecule has 0 saturated carbocycles. The third-order valence-electron chi connectivity index (χ3n) is 4.37. The van der Waals surface area contributed by atoms with Gasteiger partial charge in [0.15, 0.2) is 0 Å². The van der Waals surface area contributed by atoms with E-state index in [1.54, 1.807) is 6.07 Å². The van der Waals surface area contributed by atoms with E-state index in [-0.39, 0.29) is 17.2 Å². The lowest BCUT2D eigenvalue weighted by molar-refractivity contribution is -0.385. The number of hydrogen-bond donors (Lipinski definition) is 0. The number of nitro groups is 1. The van der Waals surface area contributed by atoms with Crippen LogP contribution in [0.4, 0.5) is 5.69 Å². The van der Waals surface area contributed by atoms with Gasteiger partial charge in [-0.05, 0) is 63.1 Å². The number of ether oxygens (including phenoxy) is 1. The number of aryl methyl sites for hydroxylation is 4. The van der Waals surface area contributed by atoms with Crippen LogP contribution in [0.5, 0.6) is 5.75 Å². The quantitative estimate of drug-likeness (QED) is 0.498. The van der Waals surface area contributed by atoms with Crippen molar-refractivity contribution in [2.45, 2.75) is 34.3 Å². The molecule has 0 radical (unpaired) electrons. The molecule has 0 aliphatic carbocycles. The number of nitro benzene ring substituents is 1. The Morgan fingerprint density at radius 3 is 2.46 bits per heavy atom. The van der Waals surface area contributed by atoms with Crippen LogP contribution in [0.1, 0.15) is 28.1 Å². The van der Waals surface area contributed by atoms with Gasteiger partial charge in [0.2, 0.25) is 0 Å². The van der Waals surface area contributed by atoms with E-state index in [0.717, 1.165) is 28.2 Å². The molecule has 0 amide bonds. The standard InChI is InChI=1S/C20H21N3O3/c1-13-6-5-7-19(23(24)25)18(13)12-26-20-9-8-17(10-14(20)2)22-16(4)11-15(3)21-22/h5-11H,12H2,1-4H3. The highest BCUT2D eigenvalue weighted by atomic mass is 16.6. The van der Waals surface area contributed by atoms with Crippen LogP contribution in [0.25, 0.3) is 5.69 Å². The average molecular weight is 351 g/mol. The summed E-state index contributed by atoms with van der Waals surface area (Å²) in [5.74, 6) is 0.702. The second kappa shape index (κ2) is 7.00. The topological polar surface area (TPSA) is 70.2 Å². The second-order valence-corrected chi connectivity index (χ2v) is 6.41. The molecule has 0 saturated heterocycles. The predicted molar refractivity (Wildman–Crippen MR) is 99.9 cm³/mol. The van der Waals surface area contributed by atoms with Crippen molar-refractivity contribution in [2.75, 3.05) is 0 Å². The van der Waals surface area contributed by atoms with Crippen molar-refractivity contribution in [1.29, 1.82) is 0 Å². The van der Waals surface area contributed by atoms with Crippen LogP contribution in [0.2, 0.25) is 0 Å². The summed E-state index contributed by atoms with van der Waals surface area (Å²) in [7, 11) is 0. The van der Waals surface area contributed by atoms with E-state index in [1.807, 2.05) is 62.7 Å². The molecule has 0 spiro atoms. The van der Waals surface area contributed by atoms with Gasteiger partial charge in [-0.3, -0.25) is 10.1 Å². The lowest BCUT2D eigenvalue weighted by atomic mass is 10.1. The Hall–Kier alpha value is -3.15. The molecule has 6 heteroatoms. The summed E-state index contributed by atoms with van der Waals surface area (Å²) >= 11 is 0. The summed E-state index contributed by atoms with van der Waals surface area (Å²) in [5.41, 5.74) is 5.46. The van der Waals surface area contributed by atoms with Crippen LogP contribution >= 0.6 is 0 Å². The highest BCUT2D eigenvalue weighted by Gasteiger charge is 2.16. The summed E-state index contributed by atoms with van der Waals surface area (Å²) in [6.07, 6.45) is 0. The van der Waals surface area contributed by atoms with Crippen molar-refractivity contribution in [3.63, 3.8) is 0 Å². The fraction of sp³-hybridized carbons (Fsp3) is 0.250. The number of nitrogens with zero attached hydrogens (tertiary/aromatic N) is 3. The first-order valence-corrected chi connectivity index (χ1v) is 8.37. The highest BCUT2D eigenvalue weighted by molar-refractivity contribution is 5.47. The third-order valence-corrected chi connectivity index (χ3v) is 4.37. The molecular formula is C20H21N3O3. The van der Waals surface area contributed by atoms with Crippen molar-refractivity contribution in [2.24, 2.45) is 0 Å². The van der Waals surface area contributed by atoms with Gasteiger partial charge in [-0.1, -0.05) is 12.1 Å². The Bertz CT molecular complexity index is 976. The predicted octanol–water partition coefficient (Wildman–Crippen LogP) is 4.59. The monoisotopic (exact) mass is 351 g/mol. The van der Waals surface area contributed by atoms with Crippen LogP contribution in [0.15, 0.2) is 42.5 Å². The first kappa shape index (κ1) is 17.7. The normalized spacial score (nSPS) is 10.8. The molecule has 2 aromatic carbocycles. The van der Waals surface area contributed by atoms with Crippen LogP contribution in [0.3, 0.4) is 0 Å². The number of rotatable bonds is 5. The fourth-order valence-electron chi connectivity index (χ4n) is 3.01. The van der Waals surface area contributed by atoms with E-state index >= 15 is 0 Å².